The van der Waals surface area contributed by atoms with Gasteiger partial charge in [0.2, 0.25) is 21.8 Å². The summed E-state index contributed by atoms with van der Waals surface area (Å²) in [5.74, 6) is -0.425. The highest BCUT2D eigenvalue weighted by Crippen LogP contribution is 2.21. The number of carbonyl (C=O) groups is 2. The van der Waals surface area contributed by atoms with Gasteiger partial charge in [0.15, 0.2) is 0 Å². The normalized spacial score (nSPS) is 12.0. The van der Waals surface area contributed by atoms with Crippen LogP contribution in [0.1, 0.15) is 49.3 Å². The Morgan fingerprint density at radius 2 is 1.63 bits per heavy atom. The first-order valence-electron chi connectivity index (χ1n) is 14.0. The van der Waals surface area contributed by atoms with Crippen molar-refractivity contribution in [3.8, 4) is 0 Å². The monoisotopic (exact) mass is 597 g/mol. The average molecular weight is 598 g/mol. The van der Waals surface area contributed by atoms with Gasteiger partial charge in [0.25, 0.3) is 0 Å². The first-order valence-corrected chi connectivity index (χ1v) is 16.2. The number of rotatable bonds is 15. The van der Waals surface area contributed by atoms with Crippen LogP contribution in [0, 0.1) is 6.92 Å². The van der Waals surface area contributed by atoms with Crippen LogP contribution in [0.4, 0.5) is 5.69 Å². The molecule has 1 atom stereocenters. The van der Waals surface area contributed by atoms with Gasteiger partial charge in [0.1, 0.15) is 6.04 Å². The summed E-state index contributed by atoms with van der Waals surface area (Å²) in [5.41, 5.74) is 3.30. The number of nitrogens with zero attached hydrogens (tertiary/aromatic N) is 2. The summed E-state index contributed by atoms with van der Waals surface area (Å²) in [6.07, 6.45) is 3.69. The van der Waals surface area contributed by atoms with Crippen molar-refractivity contribution in [3.05, 3.63) is 101 Å². The van der Waals surface area contributed by atoms with Crippen molar-refractivity contribution in [2.45, 2.75) is 58.5 Å². The summed E-state index contributed by atoms with van der Waals surface area (Å²) in [7, 11) is -3.56. The molecule has 3 aromatic rings. The lowest BCUT2D eigenvalue weighted by Gasteiger charge is -2.32. The molecule has 0 heterocycles. The molecular weight excluding hydrogens is 558 g/mol. The number of amides is 2. The Labute approximate surface area is 249 Å². The minimum absolute atomic E-state index is 0.0823. The summed E-state index contributed by atoms with van der Waals surface area (Å²) in [6.45, 7) is 4.86. The van der Waals surface area contributed by atoms with Crippen molar-refractivity contribution >= 4 is 39.1 Å². The summed E-state index contributed by atoms with van der Waals surface area (Å²) in [5, 5.41) is 3.60. The van der Waals surface area contributed by atoms with Gasteiger partial charge in [-0.3, -0.25) is 13.9 Å². The van der Waals surface area contributed by atoms with Crippen LogP contribution in [-0.2, 0) is 32.6 Å². The third-order valence-corrected chi connectivity index (χ3v) is 8.25. The van der Waals surface area contributed by atoms with Crippen LogP contribution in [0.15, 0.2) is 78.9 Å². The molecule has 1 unspecified atom stereocenters. The van der Waals surface area contributed by atoms with Gasteiger partial charge in [-0.15, -0.1) is 0 Å². The zero-order valence-electron chi connectivity index (χ0n) is 24.1. The molecule has 0 aliphatic rings. The minimum Gasteiger partial charge on any atom is -0.354 e. The van der Waals surface area contributed by atoms with E-state index in [2.05, 4.69) is 12.2 Å². The third kappa shape index (κ3) is 10.2. The lowest BCUT2D eigenvalue weighted by atomic mass is 10.0. The SMILES string of the molecule is CCCCNC(=O)C(Cc1ccccc1)N(Cc1ccc(Cl)cc1)C(=O)CCCN(c1cccc(C)c1)S(C)(=O)=O. The predicted molar refractivity (Wildman–Crippen MR) is 166 cm³/mol. The number of hydrogen-bond donors (Lipinski definition) is 1. The first-order chi connectivity index (χ1) is 19.6. The van der Waals surface area contributed by atoms with Gasteiger partial charge < -0.3 is 10.2 Å². The summed E-state index contributed by atoms with van der Waals surface area (Å²) in [4.78, 5) is 29.0. The van der Waals surface area contributed by atoms with Gasteiger partial charge in [-0.2, -0.15) is 0 Å². The van der Waals surface area contributed by atoms with E-state index in [9.17, 15) is 18.0 Å². The fraction of sp³-hybridized carbons (Fsp3) is 0.375. The molecule has 0 aliphatic carbocycles. The van der Waals surface area contributed by atoms with Crippen molar-refractivity contribution in [2.24, 2.45) is 0 Å². The van der Waals surface area contributed by atoms with Gasteiger partial charge in [0.05, 0.1) is 11.9 Å². The number of aryl methyl sites for hydroxylation is 1. The Morgan fingerprint density at radius 3 is 2.27 bits per heavy atom. The molecule has 3 aromatic carbocycles. The number of carbonyl (C=O) groups excluding carboxylic acids is 2. The van der Waals surface area contributed by atoms with E-state index in [4.69, 9.17) is 11.6 Å². The molecule has 0 bridgehead atoms. The zero-order valence-corrected chi connectivity index (χ0v) is 25.6. The number of anilines is 1. The Kier molecular flexibility index (Phi) is 12.2. The molecule has 0 fully saturated rings. The second-order valence-electron chi connectivity index (χ2n) is 10.3. The van der Waals surface area contributed by atoms with Crippen LogP contribution in [0.25, 0.3) is 0 Å². The second kappa shape index (κ2) is 15.6. The lowest BCUT2D eigenvalue weighted by molar-refractivity contribution is -0.141. The topological polar surface area (TPSA) is 86.8 Å². The Balaban J connectivity index is 1.86. The summed E-state index contributed by atoms with van der Waals surface area (Å²) < 4.78 is 26.6. The number of unbranched alkanes of at least 4 members (excludes halogenated alkanes) is 1. The number of nitrogens with one attached hydrogen (secondary N) is 1. The molecule has 2 amide bonds. The van der Waals surface area contributed by atoms with E-state index in [0.717, 1.165) is 29.5 Å². The highest BCUT2D eigenvalue weighted by Gasteiger charge is 2.30. The molecule has 220 valence electrons. The maximum absolute atomic E-state index is 13.9. The van der Waals surface area contributed by atoms with Crippen LogP contribution >= 0.6 is 11.6 Å². The number of benzene rings is 3. The van der Waals surface area contributed by atoms with Crippen molar-refractivity contribution in [2.75, 3.05) is 23.7 Å². The number of hydrogen-bond acceptors (Lipinski definition) is 4. The Bertz CT molecular complexity index is 1380. The summed E-state index contributed by atoms with van der Waals surface area (Å²) in [6, 6.07) is 23.4. The van der Waals surface area contributed by atoms with Gasteiger partial charge >= 0.3 is 0 Å². The summed E-state index contributed by atoms with van der Waals surface area (Å²) >= 11 is 6.10. The molecular formula is C32H40ClN3O4S. The van der Waals surface area contributed by atoms with E-state index in [1.807, 2.05) is 67.6 Å². The average Bonchev–Trinajstić information content (AvgIpc) is 2.94. The maximum atomic E-state index is 13.9. The molecule has 0 aromatic heterocycles. The fourth-order valence-electron chi connectivity index (χ4n) is 4.63. The van der Waals surface area contributed by atoms with Crippen LogP contribution in [0.3, 0.4) is 0 Å². The molecule has 9 heteroatoms. The van der Waals surface area contributed by atoms with Crippen LogP contribution in [0.5, 0.6) is 0 Å². The van der Waals surface area contributed by atoms with E-state index >= 15 is 0 Å². The lowest BCUT2D eigenvalue weighted by Crippen LogP contribution is -2.50. The maximum Gasteiger partial charge on any atom is 0.243 e. The van der Waals surface area contributed by atoms with Crippen LogP contribution in [-0.4, -0.2) is 50.5 Å². The Hall–Kier alpha value is -3.36. The molecule has 0 saturated heterocycles. The van der Waals surface area contributed by atoms with Gasteiger partial charge in [0, 0.05) is 37.5 Å². The fourth-order valence-corrected chi connectivity index (χ4v) is 5.72. The van der Waals surface area contributed by atoms with Crippen molar-refractivity contribution in [3.63, 3.8) is 0 Å². The minimum atomic E-state index is -3.56. The quantitative estimate of drug-likeness (QED) is 0.226. The molecule has 0 saturated carbocycles. The molecule has 3 rings (SSSR count). The van der Waals surface area contributed by atoms with E-state index in [0.29, 0.717) is 30.1 Å². The van der Waals surface area contributed by atoms with Crippen LogP contribution in [0.2, 0.25) is 5.02 Å². The van der Waals surface area contributed by atoms with Gasteiger partial charge in [-0.1, -0.05) is 79.5 Å². The van der Waals surface area contributed by atoms with E-state index in [1.54, 1.807) is 23.1 Å². The molecule has 0 spiro atoms. The number of halogens is 1. The smallest absolute Gasteiger partial charge is 0.243 e. The molecule has 41 heavy (non-hydrogen) atoms. The van der Waals surface area contributed by atoms with Crippen LogP contribution < -0.4 is 9.62 Å². The van der Waals surface area contributed by atoms with Gasteiger partial charge in [-0.05, 0) is 60.7 Å². The van der Waals surface area contributed by atoms with Crippen molar-refractivity contribution in [1.82, 2.24) is 10.2 Å². The highest BCUT2D eigenvalue weighted by atomic mass is 35.5. The van der Waals surface area contributed by atoms with E-state index in [-0.39, 0.29) is 31.3 Å². The van der Waals surface area contributed by atoms with E-state index < -0.39 is 16.1 Å². The standard InChI is InChI=1S/C32H40ClN3O4S/c1-4-5-20-34-32(38)30(23-26-12-7-6-8-13-26)35(24-27-16-18-28(33)19-17-27)31(37)15-10-21-36(41(3,39)40)29-14-9-11-25(2)22-29/h6-9,11-14,16-19,22,30H,4-5,10,15,20-21,23-24H2,1-3H3,(H,34,38). The first kappa shape index (κ1) is 32.2. The molecule has 0 aliphatic heterocycles. The molecule has 0 radical (unpaired) electrons. The number of sulfonamides is 1. The largest absolute Gasteiger partial charge is 0.354 e. The van der Waals surface area contributed by atoms with Gasteiger partial charge in [-0.25, -0.2) is 8.42 Å². The molecule has 1 N–H and O–H groups in total. The predicted octanol–water partition coefficient (Wildman–Crippen LogP) is 5.75. The zero-order chi connectivity index (χ0) is 29.8. The van der Waals surface area contributed by atoms with Crippen molar-refractivity contribution < 1.29 is 18.0 Å². The highest BCUT2D eigenvalue weighted by molar-refractivity contribution is 7.92. The third-order valence-electron chi connectivity index (χ3n) is 6.81. The van der Waals surface area contributed by atoms with Crippen molar-refractivity contribution in [1.29, 1.82) is 0 Å². The van der Waals surface area contributed by atoms with E-state index in [1.165, 1.54) is 10.6 Å². The molecule has 7 nitrogen and oxygen atoms in total. The Morgan fingerprint density at radius 1 is 0.927 bits per heavy atom. The second-order valence-corrected chi connectivity index (χ2v) is 12.6.